The molecule has 0 aromatic carbocycles. The van der Waals surface area contributed by atoms with E-state index in [-0.39, 0.29) is 23.1 Å². The number of nitrogens with one attached hydrogen (secondary N) is 1. The molecule has 1 unspecified atom stereocenters. The van der Waals surface area contributed by atoms with Crippen LogP contribution in [0.4, 0.5) is 0 Å². The first-order valence-electron chi connectivity index (χ1n) is 6.45. The lowest BCUT2D eigenvalue weighted by atomic mass is 9.63. The highest BCUT2D eigenvalue weighted by molar-refractivity contribution is 5.99. The Hall–Kier alpha value is -0.900. The monoisotopic (exact) mass is 239 g/mol. The topological polar surface area (TPSA) is 55.4 Å². The fraction of sp³-hybridized carbons (Fsp3) is 0.846. The van der Waals surface area contributed by atoms with E-state index in [0.29, 0.717) is 25.6 Å². The molecule has 2 saturated heterocycles. The van der Waals surface area contributed by atoms with Crippen LogP contribution in [0.3, 0.4) is 0 Å². The Bertz CT molecular complexity index is 319. The van der Waals surface area contributed by atoms with Crippen LogP contribution in [0.25, 0.3) is 0 Å². The summed E-state index contributed by atoms with van der Waals surface area (Å²) in [7, 11) is 0. The first kappa shape index (κ1) is 12.6. The van der Waals surface area contributed by atoms with E-state index in [1.54, 1.807) is 0 Å². The molecule has 4 nitrogen and oxygen atoms in total. The molecular weight excluding hydrogens is 218 g/mol. The minimum atomic E-state index is -0.137. The number of amides is 2. The van der Waals surface area contributed by atoms with Crippen molar-refractivity contribution in [2.45, 2.75) is 39.5 Å². The van der Waals surface area contributed by atoms with E-state index in [1.807, 2.05) is 0 Å². The summed E-state index contributed by atoms with van der Waals surface area (Å²) in [6, 6.07) is 0. The second-order valence-electron chi connectivity index (χ2n) is 5.75. The van der Waals surface area contributed by atoms with Gasteiger partial charge in [-0.15, -0.1) is 0 Å². The van der Waals surface area contributed by atoms with Crippen LogP contribution >= 0.6 is 0 Å². The number of carbonyl (C=O) groups is 2. The second kappa shape index (κ2) is 4.77. The van der Waals surface area contributed by atoms with Gasteiger partial charge in [-0.1, -0.05) is 13.8 Å². The number of imide groups is 1. The van der Waals surface area contributed by atoms with E-state index in [1.165, 1.54) is 0 Å². The van der Waals surface area contributed by atoms with Crippen LogP contribution in [-0.2, 0) is 14.3 Å². The average molecular weight is 239 g/mol. The predicted octanol–water partition coefficient (Wildman–Crippen LogP) is 1.49. The lowest BCUT2D eigenvalue weighted by Gasteiger charge is -2.45. The fourth-order valence-electron chi connectivity index (χ4n) is 3.12. The molecule has 2 amide bonds. The molecule has 4 heteroatoms. The van der Waals surface area contributed by atoms with Gasteiger partial charge < -0.3 is 4.74 Å². The summed E-state index contributed by atoms with van der Waals surface area (Å²) in [5.74, 6) is 0.261. The Kier molecular flexibility index (Phi) is 3.52. The van der Waals surface area contributed by atoms with Crippen molar-refractivity contribution in [3.05, 3.63) is 0 Å². The highest BCUT2D eigenvalue weighted by Crippen LogP contribution is 2.46. The molecule has 1 atom stereocenters. The van der Waals surface area contributed by atoms with Gasteiger partial charge in [-0.05, 0) is 30.6 Å². The van der Waals surface area contributed by atoms with Gasteiger partial charge in [0.1, 0.15) is 0 Å². The smallest absolute Gasteiger partial charge is 0.230 e. The van der Waals surface area contributed by atoms with Gasteiger partial charge in [0.2, 0.25) is 11.8 Å². The maximum atomic E-state index is 12.0. The summed E-state index contributed by atoms with van der Waals surface area (Å²) in [5.41, 5.74) is -0.137. The number of hydrogen-bond acceptors (Lipinski definition) is 3. The predicted molar refractivity (Wildman–Crippen MR) is 63.2 cm³/mol. The molecule has 2 heterocycles. The maximum Gasteiger partial charge on any atom is 0.230 e. The van der Waals surface area contributed by atoms with E-state index in [0.717, 1.165) is 19.3 Å². The van der Waals surface area contributed by atoms with E-state index in [4.69, 9.17) is 4.74 Å². The highest BCUT2D eigenvalue weighted by Gasteiger charge is 2.48. The Morgan fingerprint density at radius 1 is 1.35 bits per heavy atom. The van der Waals surface area contributed by atoms with Crippen LogP contribution < -0.4 is 5.32 Å². The minimum absolute atomic E-state index is 0.0240. The molecule has 1 N–H and O–H groups in total. The maximum absolute atomic E-state index is 12.0. The van der Waals surface area contributed by atoms with Crippen molar-refractivity contribution in [3.8, 4) is 0 Å². The van der Waals surface area contributed by atoms with Gasteiger partial charge in [0, 0.05) is 25.6 Å². The van der Waals surface area contributed by atoms with Crippen LogP contribution in [0.15, 0.2) is 0 Å². The fourth-order valence-corrected chi connectivity index (χ4v) is 3.12. The van der Waals surface area contributed by atoms with Crippen LogP contribution in [0.2, 0.25) is 0 Å². The largest absolute Gasteiger partial charge is 0.381 e. The van der Waals surface area contributed by atoms with E-state index >= 15 is 0 Å². The number of rotatable bonds is 2. The van der Waals surface area contributed by atoms with Crippen molar-refractivity contribution in [2.75, 3.05) is 13.2 Å². The Labute approximate surface area is 102 Å². The molecule has 0 radical (unpaired) electrons. The zero-order valence-corrected chi connectivity index (χ0v) is 10.6. The molecule has 0 bridgehead atoms. The lowest BCUT2D eigenvalue weighted by Crippen LogP contribution is -2.54. The number of ether oxygens (including phenoxy) is 1. The van der Waals surface area contributed by atoms with E-state index < -0.39 is 0 Å². The molecule has 2 fully saturated rings. The Morgan fingerprint density at radius 2 is 2.00 bits per heavy atom. The SMILES string of the molecule is CC(C)CC1C(=O)NC(=O)CC12CCOCC2. The molecule has 2 aliphatic rings. The average Bonchev–Trinajstić information content (AvgIpc) is 2.24. The van der Waals surface area contributed by atoms with Crippen molar-refractivity contribution >= 4 is 11.8 Å². The summed E-state index contributed by atoms with van der Waals surface area (Å²) < 4.78 is 5.38. The molecule has 96 valence electrons. The molecule has 0 saturated carbocycles. The van der Waals surface area contributed by atoms with Gasteiger partial charge in [-0.3, -0.25) is 14.9 Å². The Morgan fingerprint density at radius 3 is 2.59 bits per heavy atom. The van der Waals surface area contributed by atoms with Gasteiger partial charge in [0.25, 0.3) is 0 Å². The standard InChI is InChI=1S/C13H21NO3/c1-9(2)7-10-12(16)14-11(15)8-13(10)3-5-17-6-4-13/h9-10H,3-8H2,1-2H3,(H,14,15,16). The molecule has 2 rings (SSSR count). The molecule has 0 aromatic heterocycles. The number of hydrogen-bond donors (Lipinski definition) is 1. The molecule has 2 aliphatic heterocycles. The molecule has 0 aliphatic carbocycles. The van der Waals surface area contributed by atoms with E-state index in [9.17, 15) is 9.59 Å². The third kappa shape index (κ3) is 2.51. The van der Waals surface area contributed by atoms with Crippen LogP contribution in [-0.4, -0.2) is 25.0 Å². The molecule has 0 aromatic rings. The van der Waals surface area contributed by atoms with Crippen molar-refractivity contribution in [1.29, 1.82) is 0 Å². The van der Waals surface area contributed by atoms with Gasteiger partial charge in [0.05, 0.1) is 0 Å². The van der Waals surface area contributed by atoms with Gasteiger partial charge >= 0.3 is 0 Å². The third-order valence-corrected chi connectivity index (χ3v) is 4.03. The van der Waals surface area contributed by atoms with E-state index in [2.05, 4.69) is 19.2 Å². The van der Waals surface area contributed by atoms with Crippen molar-refractivity contribution in [1.82, 2.24) is 5.32 Å². The van der Waals surface area contributed by atoms with Crippen LogP contribution in [0.5, 0.6) is 0 Å². The summed E-state index contributed by atoms with van der Waals surface area (Å²) in [5, 5.41) is 2.49. The second-order valence-corrected chi connectivity index (χ2v) is 5.75. The van der Waals surface area contributed by atoms with Crippen molar-refractivity contribution in [3.63, 3.8) is 0 Å². The van der Waals surface area contributed by atoms with Crippen molar-refractivity contribution in [2.24, 2.45) is 17.3 Å². The molecular formula is C13H21NO3. The highest BCUT2D eigenvalue weighted by atomic mass is 16.5. The number of piperidine rings is 1. The first-order chi connectivity index (χ1) is 8.03. The quantitative estimate of drug-likeness (QED) is 0.743. The lowest BCUT2D eigenvalue weighted by molar-refractivity contribution is -0.149. The van der Waals surface area contributed by atoms with Crippen LogP contribution in [0, 0.1) is 17.3 Å². The van der Waals surface area contributed by atoms with Gasteiger partial charge in [-0.2, -0.15) is 0 Å². The molecule has 17 heavy (non-hydrogen) atoms. The first-order valence-corrected chi connectivity index (χ1v) is 6.45. The normalized spacial score (nSPS) is 28.5. The number of carbonyl (C=O) groups excluding carboxylic acids is 2. The van der Waals surface area contributed by atoms with Gasteiger partial charge in [0.15, 0.2) is 0 Å². The summed E-state index contributed by atoms with van der Waals surface area (Å²) in [6.07, 6.45) is 3.02. The summed E-state index contributed by atoms with van der Waals surface area (Å²) in [6.45, 7) is 5.60. The summed E-state index contributed by atoms with van der Waals surface area (Å²) >= 11 is 0. The summed E-state index contributed by atoms with van der Waals surface area (Å²) in [4.78, 5) is 23.6. The Balaban J connectivity index is 2.22. The zero-order valence-electron chi connectivity index (χ0n) is 10.6. The zero-order chi connectivity index (χ0) is 12.5. The minimum Gasteiger partial charge on any atom is -0.381 e. The van der Waals surface area contributed by atoms with Gasteiger partial charge in [-0.25, -0.2) is 0 Å². The molecule has 1 spiro atoms. The third-order valence-electron chi connectivity index (χ3n) is 4.03. The van der Waals surface area contributed by atoms with Crippen molar-refractivity contribution < 1.29 is 14.3 Å². The van der Waals surface area contributed by atoms with Crippen LogP contribution in [0.1, 0.15) is 39.5 Å².